The second kappa shape index (κ2) is 9.92. The van der Waals surface area contributed by atoms with Crippen molar-refractivity contribution in [3.05, 3.63) is 35.9 Å². The van der Waals surface area contributed by atoms with Gasteiger partial charge in [-0.2, -0.15) is 0 Å². The minimum Gasteiger partial charge on any atom is -0.467 e. The first-order valence-corrected chi connectivity index (χ1v) is 7.26. The first-order chi connectivity index (χ1) is 10.6. The summed E-state index contributed by atoms with van der Waals surface area (Å²) < 4.78 is 15.5. The van der Waals surface area contributed by atoms with Crippen LogP contribution in [0.1, 0.15) is 19.4 Å². The van der Waals surface area contributed by atoms with Gasteiger partial charge in [0.15, 0.2) is 12.3 Å². The molecule has 22 heavy (non-hydrogen) atoms. The summed E-state index contributed by atoms with van der Waals surface area (Å²) in [6.45, 7) is 4.28. The highest BCUT2D eigenvalue weighted by Crippen LogP contribution is 2.06. The molecule has 1 rings (SSSR count). The molecule has 0 aliphatic heterocycles. The molecule has 0 fully saturated rings. The van der Waals surface area contributed by atoms with E-state index >= 15 is 0 Å². The lowest BCUT2D eigenvalue weighted by Gasteiger charge is -2.25. The van der Waals surface area contributed by atoms with Crippen molar-refractivity contribution in [2.75, 3.05) is 20.3 Å². The first kappa shape index (κ1) is 18.1. The molecule has 1 aromatic carbocycles. The number of carbonyl (C=O) groups is 2. The molecule has 0 saturated heterocycles. The molecule has 1 N–H and O–H groups in total. The van der Waals surface area contributed by atoms with E-state index in [4.69, 9.17) is 14.2 Å². The number of nitrogens with one attached hydrogen (secondary N) is 1. The number of methoxy groups -OCH3 is 1. The monoisotopic (exact) mass is 309 g/mol. The van der Waals surface area contributed by atoms with Gasteiger partial charge in [-0.3, -0.25) is 4.79 Å². The fraction of sp³-hybridized carbons (Fsp3) is 0.500. The van der Waals surface area contributed by atoms with E-state index in [1.165, 1.54) is 7.11 Å². The van der Waals surface area contributed by atoms with E-state index < -0.39 is 18.3 Å². The number of hydrogen-bond acceptors (Lipinski definition) is 5. The second-order valence-electron chi connectivity index (χ2n) is 4.51. The molecular weight excluding hydrogens is 286 g/mol. The van der Waals surface area contributed by atoms with Crippen molar-refractivity contribution in [3.63, 3.8) is 0 Å². The van der Waals surface area contributed by atoms with E-state index in [1.54, 1.807) is 13.8 Å². The van der Waals surface area contributed by atoms with Gasteiger partial charge in [-0.25, -0.2) is 4.79 Å². The van der Waals surface area contributed by atoms with Gasteiger partial charge >= 0.3 is 5.97 Å². The van der Waals surface area contributed by atoms with Crippen molar-refractivity contribution in [2.24, 2.45) is 0 Å². The maximum Gasteiger partial charge on any atom is 0.333 e. The van der Waals surface area contributed by atoms with Gasteiger partial charge in [0.25, 0.3) is 0 Å². The molecule has 0 saturated carbocycles. The standard InChI is InChI=1S/C16H23NO5/c1-4-21-16(22-5-2)14(15(19)20-3)17-13(18)11-12-9-7-6-8-10-12/h6-10,14,16H,4-5,11H2,1-3H3,(H,17,18)/t14-/m0/s1. The highest BCUT2D eigenvalue weighted by Gasteiger charge is 2.32. The molecule has 6 nitrogen and oxygen atoms in total. The Kier molecular flexibility index (Phi) is 8.17. The van der Waals surface area contributed by atoms with Crippen LogP contribution < -0.4 is 5.32 Å². The average Bonchev–Trinajstić information content (AvgIpc) is 2.52. The third-order valence-electron chi connectivity index (χ3n) is 2.91. The summed E-state index contributed by atoms with van der Waals surface area (Å²) in [6.07, 6.45) is -0.707. The highest BCUT2D eigenvalue weighted by atomic mass is 16.7. The lowest BCUT2D eigenvalue weighted by atomic mass is 10.1. The molecule has 1 aromatic rings. The van der Waals surface area contributed by atoms with Crippen LogP contribution in [-0.2, 0) is 30.2 Å². The molecule has 122 valence electrons. The molecule has 0 aliphatic rings. The van der Waals surface area contributed by atoms with Gasteiger partial charge in [0.1, 0.15) is 0 Å². The van der Waals surface area contributed by atoms with Gasteiger partial charge in [0.05, 0.1) is 13.5 Å². The second-order valence-corrected chi connectivity index (χ2v) is 4.51. The van der Waals surface area contributed by atoms with Crippen LogP contribution in [0.25, 0.3) is 0 Å². The van der Waals surface area contributed by atoms with Gasteiger partial charge in [0.2, 0.25) is 5.91 Å². The summed E-state index contributed by atoms with van der Waals surface area (Å²) in [4.78, 5) is 24.0. The van der Waals surface area contributed by atoms with Gasteiger partial charge in [-0.1, -0.05) is 30.3 Å². The van der Waals surface area contributed by atoms with Gasteiger partial charge in [-0.05, 0) is 19.4 Å². The Morgan fingerprint density at radius 1 is 1.09 bits per heavy atom. The minimum atomic E-state index is -0.999. The van der Waals surface area contributed by atoms with E-state index in [0.29, 0.717) is 13.2 Å². The van der Waals surface area contributed by atoms with Crippen LogP contribution >= 0.6 is 0 Å². The number of esters is 1. The van der Waals surface area contributed by atoms with E-state index in [0.717, 1.165) is 5.56 Å². The molecule has 0 aliphatic carbocycles. The third kappa shape index (κ3) is 5.83. The number of amides is 1. The van der Waals surface area contributed by atoms with Gasteiger partial charge in [0, 0.05) is 13.2 Å². The van der Waals surface area contributed by atoms with Crippen molar-refractivity contribution in [2.45, 2.75) is 32.6 Å². The fourth-order valence-electron chi connectivity index (χ4n) is 1.94. The van der Waals surface area contributed by atoms with Crippen molar-refractivity contribution in [1.29, 1.82) is 0 Å². The van der Waals surface area contributed by atoms with E-state index in [2.05, 4.69) is 5.32 Å². The number of ether oxygens (including phenoxy) is 3. The first-order valence-electron chi connectivity index (χ1n) is 7.26. The molecule has 0 unspecified atom stereocenters. The highest BCUT2D eigenvalue weighted by molar-refractivity contribution is 5.85. The summed E-state index contributed by atoms with van der Waals surface area (Å²) in [7, 11) is 1.26. The number of carbonyl (C=O) groups excluding carboxylic acids is 2. The molecule has 0 aromatic heterocycles. The third-order valence-corrected chi connectivity index (χ3v) is 2.91. The Balaban J connectivity index is 2.74. The van der Waals surface area contributed by atoms with Crippen LogP contribution in [-0.4, -0.2) is 44.5 Å². The molecule has 0 bridgehead atoms. The lowest BCUT2D eigenvalue weighted by molar-refractivity contribution is -0.179. The summed E-state index contributed by atoms with van der Waals surface area (Å²) in [5.74, 6) is -0.903. The molecule has 1 atom stereocenters. The fourth-order valence-corrected chi connectivity index (χ4v) is 1.94. The average molecular weight is 309 g/mol. The van der Waals surface area contributed by atoms with Gasteiger partial charge in [-0.15, -0.1) is 0 Å². The predicted molar refractivity (Wildman–Crippen MR) is 81.1 cm³/mol. The number of rotatable bonds is 9. The largest absolute Gasteiger partial charge is 0.467 e. The van der Waals surface area contributed by atoms with Crippen LogP contribution in [0.3, 0.4) is 0 Å². The Morgan fingerprint density at radius 3 is 2.18 bits per heavy atom. The van der Waals surface area contributed by atoms with Crippen molar-refractivity contribution in [3.8, 4) is 0 Å². The van der Waals surface area contributed by atoms with Crippen LogP contribution in [0.5, 0.6) is 0 Å². The normalized spacial score (nSPS) is 12.0. The molecule has 0 radical (unpaired) electrons. The van der Waals surface area contributed by atoms with Crippen LogP contribution in [0, 0.1) is 0 Å². The van der Waals surface area contributed by atoms with E-state index in [-0.39, 0.29) is 12.3 Å². The van der Waals surface area contributed by atoms with Crippen molar-refractivity contribution < 1.29 is 23.8 Å². The number of hydrogen-bond donors (Lipinski definition) is 1. The summed E-state index contributed by atoms with van der Waals surface area (Å²) in [5, 5.41) is 2.62. The minimum absolute atomic E-state index is 0.166. The maximum absolute atomic E-state index is 12.1. The van der Waals surface area contributed by atoms with E-state index in [9.17, 15) is 9.59 Å². The zero-order valence-electron chi connectivity index (χ0n) is 13.2. The van der Waals surface area contributed by atoms with Crippen molar-refractivity contribution >= 4 is 11.9 Å². The lowest BCUT2D eigenvalue weighted by Crippen LogP contribution is -2.51. The maximum atomic E-state index is 12.1. The molecular formula is C16H23NO5. The Hall–Kier alpha value is -1.92. The number of benzene rings is 1. The summed E-state index contributed by atoms with van der Waals surface area (Å²) in [5.41, 5.74) is 0.855. The summed E-state index contributed by atoms with van der Waals surface area (Å²) >= 11 is 0. The zero-order valence-corrected chi connectivity index (χ0v) is 13.2. The zero-order chi connectivity index (χ0) is 16.4. The molecule has 0 heterocycles. The smallest absolute Gasteiger partial charge is 0.333 e. The quantitative estimate of drug-likeness (QED) is 0.549. The van der Waals surface area contributed by atoms with Crippen LogP contribution in [0.2, 0.25) is 0 Å². The Bertz CT molecular complexity index is 457. The van der Waals surface area contributed by atoms with Gasteiger partial charge < -0.3 is 19.5 Å². The molecule has 0 spiro atoms. The molecule has 6 heteroatoms. The predicted octanol–water partition coefficient (Wildman–Crippen LogP) is 1.29. The van der Waals surface area contributed by atoms with Crippen LogP contribution in [0.4, 0.5) is 0 Å². The SMILES string of the molecule is CCOC(OCC)[C@@H](NC(=O)Cc1ccccc1)C(=O)OC. The Labute approximate surface area is 130 Å². The van der Waals surface area contributed by atoms with Crippen molar-refractivity contribution in [1.82, 2.24) is 5.32 Å². The van der Waals surface area contributed by atoms with E-state index in [1.807, 2.05) is 30.3 Å². The topological polar surface area (TPSA) is 73.9 Å². The van der Waals surface area contributed by atoms with Crippen LogP contribution in [0.15, 0.2) is 30.3 Å². The summed E-state index contributed by atoms with van der Waals surface area (Å²) in [6, 6.07) is 8.26. The Morgan fingerprint density at radius 2 is 1.68 bits per heavy atom. The molecule has 1 amide bonds.